The first-order valence-corrected chi connectivity index (χ1v) is 6.48. The number of thiophene rings is 1. The summed E-state index contributed by atoms with van der Waals surface area (Å²) in [5.74, 6) is -0.611. The van der Waals surface area contributed by atoms with E-state index in [1.54, 1.807) is 17.4 Å². The summed E-state index contributed by atoms with van der Waals surface area (Å²) in [6, 6.07) is 6.15. The standard InChI is InChI=1S/C13H10ClFOS/c14-11-3-2-10(7-12(11)15)13(16)4-1-9-5-6-17-8-9/h2-3,5-8H,1,4H2. The zero-order valence-electron chi connectivity index (χ0n) is 8.95. The van der Waals surface area contributed by atoms with E-state index in [1.807, 2.05) is 16.8 Å². The van der Waals surface area contributed by atoms with Crippen LogP contribution in [0.1, 0.15) is 22.3 Å². The number of aryl methyl sites for hydroxylation is 1. The molecule has 0 saturated carbocycles. The normalized spacial score (nSPS) is 10.5. The van der Waals surface area contributed by atoms with E-state index in [0.717, 1.165) is 5.56 Å². The zero-order valence-corrected chi connectivity index (χ0v) is 10.5. The lowest BCUT2D eigenvalue weighted by atomic mass is 10.0. The minimum atomic E-state index is -0.548. The van der Waals surface area contributed by atoms with Crippen LogP contribution in [0.4, 0.5) is 4.39 Å². The molecule has 0 atom stereocenters. The Morgan fingerprint density at radius 1 is 1.35 bits per heavy atom. The number of hydrogen-bond donors (Lipinski definition) is 0. The van der Waals surface area contributed by atoms with E-state index in [2.05, 4.69) is 0 Å². The molecule has 1 heterocycles. The summed E-state index contributed by atoms with van der Waals surface area (Å²) in [5.41, 5.74) is 1.51. The molecule has 0 unspecified atom stereocenters. The summed E-state index contributed by atoms with van der Waals surface area (Å²) >= 11 is 7.16. The highest BCUT2D eigenvalue weighted by Gasteiger charge is 2.09. The van der Waals surface area contributed by atoms with Gasteiger partial charge in [0.2, 0.25) is 0 Å². The van der Waals surface area contributed by atoms with Gasteiger partial charge in [-0.25, -0.2) is 4.39 Å². The molecule has 1 aromatic carbocycles. The number of carbonyl (C=O) groups is 1. The van der Waals surface area contributed by atoms with Gasteiger partial charge in [-0.15, -0.1) is 0 Å². The Bertz CT molecular complexity index is 522. The van der Waals surface area contributed by atoms with Gasteiger partial charge in [-0.2, -0.15) is 11.3 Å². The van der Waals surface area contributed by atoms with Crippen molar-refractivity contribution in [2.75, 3.05) is 0 Å². The third-order valence-electron chi connectivity index (χ3n) is 2.46. The molecule has 0 aliphatic rings. The summed E-state index contributed by atoms with van der Waals surface area (Å²) < 4.78 is 13.2. The molecule has 0 spiro atoms. The van der Waals surface area contributed by atoms with Crippen LogP contribution in [0.2, 0.25) is 5.02 Å². The fourth-order valence-corrected chi connectivity index (χ4v) is 2.33. The maximum atomic E-state index is 13.2. The van der Waals surface area contributed by atoms with Gasteiger partial charge in [0.25, 0.3) is 0 Å². The lowest BCUT2D eigenvalue weighted by Gasteiger charge is -2.01. The molecule has 17 heavy (non-hydrogen) atoms. The van der Waals surface area contributed by atoms with Crippen LogP contribution in [-0.4, -0.2) is 5.78 Å². The van der Waals surface area contributed by atoms with Gasteiger partial charge in [0.15, 0.2) is 5.78 Å². The van der Waals surface area contributed by atoms with E-state index in [9.17, 15) is 9.18 Å². The van der Waals surface area contributed by atoms with Gasteiger partial charge >= 0.3 is 0 Å². The van der Waals surface area contributed by atoms with Crippen LogP contribution in [0, 0.1) is 5.82 Å². The summed E-state index contributed by atoms with van der Waals surface area (Å²) in [6.07, 6.45) is 1.07. The van der Waals surface area contributed by atoms with Crippen molar-refractivity contribution >= 4 is 28.7 Å². The van der Waals surface area contributed by atoms with Gasteiger partial charge in [-0.3, -0.25) is 4.79 Å². The van der Waals surface area contributed by atoms with E-state index in [1.165, 1.54) is 12.1 Å². The largest absolute Gasteiger partial charge is 0.294 e. The Morgan fingerprint density at radius 3 is 2.82 bits per heavy atom. The Labute approximate surface area is 108 Å². The first kappa shape index (κ1) is 12.3. The first-order valence-electron chi connectivity index (χ1n) is 5.16. The van der Waals surface area contributed by atoms with Crippen molar-refractivity contribution in [2.24, 2.45) is 0 Å². The van der Waals surface area contributed by atoms with Crippen molar-refractivity contribution in [1.29, 1.82) is 0 Å². The van der Waals surface area contributed by atoms with E-state index in [0.29, 0.717) is 18.4 Å². The predicted molar refractivity (Wildman–Crippen MR) is 68.4 cm³/mol. The fraction of sp³-hybridized carbons (Fsp3) is 0.154. The topological polar surface area (TPSA) is 17.1 Å². The summed E-state index contributed by atoms with van der Waals surface area (Å²) in [6.45, 7) is 0. The molecule has 0 radical (unpaired) electrons. The van der Waals surface area contributed by atoms with Crippen molar-refractivity contribution in [3.63, 3.8) is 0 Å². The molecule has 1 nitrogen and oxygen atoms in total. The molecule has 0 aliphatic heterocycles. The summed E-state index contributed by atoms with van der Waals surface area (Å²) in [4.78, 5) is 11.8. The Hall–Kier alpha value is -1.19. The quantitative estimate of drug-likeness (QED) is 0.753. The van der Waals surface area contributed by atoms with Crippen molar-refractivity contribution < 1.29 is 9.18 Å². The van der Waals surface area contributed by atoms with Crippen LogP contribution in [0.3, 0.4) is 0 Å². The minimum absolute atomic E-state index is 0.0411. The highest BCUT2D eigenvalue weighted by Crippen LogP contribution is 2.17. The Balaban J connectivity index is 2.02. The molecule has 4 heteroatoms. The molecule has 0 amide bonds. The Morgan fingerprint density at radius 2 is 2.18 bits per heavy atom. The fourth-order valence-electron chi connectivity index (χ4n) is 1.51. The maximum Gasteiger partial charge on any atom is 0.163 e. The second-order valence-electron chi connectivity index (χ2n) is 3.68. The Kier molecular flexibility index (Phi) is 3.92. The van der Waals surface area contributed by atoms with Crippen LogP contribution in [-0.2, 0) is 6.42 Å². The second kappa shape index (κ2) is 5.43. The van der Waals surface area contributed by atoms with Gasteiger partial charge in [0.05, 0.1) is 5.02 Å². The minimum Gasteiger partial charge on any atom is -0.294 e. The van der Waals surface area contributed by atoms with Crippen LogP contribution < -0.4 is 0 Å². The van der Waals surface area contributed by atoms with Crippen molar-refractivity contribution in [1.82, 2.24) is 0 Å². The highest BCUT2D eigenvalue weighted by molar-refractivity contribution is 7.07. The average molecular weight is 269 g/mol. The van der Waals surface area contributed by atoms with Gasteiger partial charge in [0.1, 0.15) is 5.82 Å². The summed E-state index contributed by atoms with van der Waals surface area (Å²) in [7, 11) is 0. The van der Waals surface area contributed by atoms with Crippen molar-refractivity contribution in [3.05, 3.63) is 57.0 Å². The SMILES string of the molecule is O=C(CCc1ccsc1)c1ccc(Cl)c(F)c1. The number of carbonyl (C=O) groups excluding carboxylic acids is 1. The lowest BCUT2D eigenvalue weighted by Crippen LogP contribution is -2.01. The van der Waals surface area contributed by atoms with Gasteiger partial charge < -0.3 is 0 Å². The second-order valence-corrected chi connectivity index (χ2v) is 4.87. The molecule has 0 bridgehead atoms. The van der Waals surface area contributed by atoms with Gasteiger partial charge in [-0.05, 0) is 47.0 Å². The smallest absolute Gasteiger partial charge is 0.163 e. The molecule has 2 rings (SSSR count). The van der Waals surface area contributed by atoms with Gasteiger partial charge in [-0.1, -0.05) is 11.6 Å². The van der Waals surface area contributed by atoms with E-state index in [4.69, 9.17) is 11.6 Å². The molecule has 2 aromatic rings. The van der Waals surface area contributed by atoms with E-state index < -0.39 is 5.82 Å². The van der Waals surface area contributed by atoms with Crippen molar-refractivity contribution in [3.8, 4) is 0 Å². The number of rotatable bonds is 4. The van der Waals surface area contributed by atoms with Crippen LogP contribution in [0.15, 0.2) is 35.0 Å². The van der Waals surface area contributed by atoms with Gasteiger partial charge in [0, 0.05) is 12.0 Å². The molecule has 88 valence electrons. The monoisotopic (exact) mass is 268 g/mol. The number of hydrogen-bond acceptors (Lipinski definition) is 2. The molecule has 0 saturated heterocycles. The molecule has 0 fully saturated rings. The first-order chi connectivity index (χ1) is 8.16. The third kappa shape index (κ3) is 3.14. The van der Waals surface area contributed by atoms with Crippen LogP contribution in [0.5, 0.6) is 0 Å². The van der Waals surface area contributed by atoms with E-state index >= 15 is 0 Å². The highest BCUT2D eigenvalue weighted by atomic mass is 35.5. The number of Topliss-reactive ketones (excluding diaryl/α,β-unsaturated/α-hetero) is 1. The predicted octanol–water partition coefficient (Wildman–Crippen LogP) is 4.36. The number of halogens is 2. The number of ketones is 1. The lowest BCUT2D eigenvalue weighted by molar-refractivity contribution is 0.0982. The number of benzene rings is 1. The summed E-state index contributed by atoms with van der Waals surface area (Å²) in [5, 5.41) is 4.02. The van der Waals surface area contributed by atoms with Crippen molar-refractivity contribution in [2.45, 2.75) is 12.8 Å². The molecule has 0 N–H and O–H groups in total. The molecule has 1 aromatic heterocycles. The zero-order chi connectivity index (χ0) is 12.3. The maximum absolute atomic E-state index is 13.2. The van der Waals surface area contributed by atoms with Crippen LogP contribution in [0.25, 0.3) is 0 Å². The molecular weight excluding hydrogens is 259 g/mol. The van der Waals surface area contributed by atoms with E-state index in [-0.39, 0.29) is 10.8 Å². The average Bonchev–Trinajstić information content (AvgIpc) is 2.82. The molecule has 0 aliphatic carbocycles. The van der Waals surface area contributed by atoms with Crippen LogP contribution >= 0.6 is 22.9 Å². The molecular formula is C13H10ClFOS. The third-order valence-corrected chi connectivity index (χ3v) is 3.50.